The van der Waals surface area contributed by atoms with Gasteiger partial charge >= 0.3 is 0 Å². The van der Waals surface area contributed by atoms with E-state index < -0.39 is 0 Å². The van der Waals surface area contributed by atoms with Gasteiger partial charge in [0.15, 0.2) is 0 Å². The van der Waals surface area contributed by atoms with Crippen molar-refractivity contribution in [3.63, 3.8) is 0 Å². The van der Waals surface area contributed by atoms with Crippen LogP contribution in [-0.4, -0.2) is 32.0 Å². The van der Waals surface area contributed by atoms with Crippen LogP contribution >= 0.6 is 0 Å². The van der Waals surface area contributed by atoms with Crippen LogP contribution in [0.5, 0.6) is 0 Å². The molecule has 0 saturated carbocycles. The molecule has 0 amide bonds. The highest BCUT2D eigenvalue weighted by Crippen LogP contribution is 2.41. The highest BCUT2D eigenvalue weighted by Gasteiger charge is 2.43. The van der Waals surface area contributed by atoms with Gasteiger partial charge in [-0.1, -0.05) is 6.92 Å². The summed E-state index contributed by atoms with van der Waals surface area (Å²) in [5, 5.41) is 3.63. The maximum absolute atomic E-state index is 6.05. The van der Waals surface area contributed by atoms with E-state index in [4.69, 9.17) is 13.9 Å². The van der Waals surface area contributed by atoms with Crippen LogP contribution in [-0.2, 0) is 9.47 Å². The quantitative estimate of drug-likeness (QED) is 0.920. The lowest BCUT2D eigenvalue weighted by atomic mass is 9.79. The summed E-state index contributed by atoms with van der Waals surface area (Å²) in [6, 6.07) is 2.51. The lowest BCUT2D eigenvalue weighted by molar-refractivity contribution is -0.103. The Balaban J connectivity index is 1.76. The highest BCUT2D eigenvalue weighted by molar-refractivity contribution is 5.18. The fourth-order valence-corrected chi connectivity index (χ4v) is 3.62. The van der Waals surface area contributed by atoms with Crippen LogP contribution in [0.4, 0.5) is 0 Å². The number of rotatable bonds is 4. The van der Waals surface area contributed by atoms with Crippen molar-refractivity contribution >= 4 is 0 Å². The topological polar surface area (TPSA) is 43.6 Å². The predicted octanol–water partition coefficient (Wildman–Crippen LogP) is 2.82. The summed E-state index contributed by atoms with van der Waals surface area (Å²) in [6.07, 6.45) is 5.11. The Bertz CT molecular complexity index is 437. The molecule has 3 unspecified atom stereocenters. The molecule has 2 aliphatic heterocycles. The zero-order valence-corrected chi connectivity index (χ0v) is 12.5. The third-order valence-electron chi connectivity index (χ3n) is 4.60. The molecule has 112 valence electrons. The van der Waals surface area contributed by atoms with Crippen LogP contribution in [0.1, 0.15) is 43.6 Å². The van der Waals surface area contributed by atoms with Gasteiger partial charge in [-0.15, -0.1) is 0 Å². The van der Waals surface area contributed by atoms with E-state index in [-0.39, 0.29) is 5.60 Å². The molecule has 4 heteroatoms. The zero-order valence-electron chi connectivity index (χ0n) is 12.5. The molecule has 3 heterocycles. The number of furan rings is 1. The molecule has 0 radical (unpaired) electrons. The maximum Gasteiger partial charge on any atom is 0.101 e. The fourth-order valence-electron chi connectivity index (χ4n) is 3.62. The Morgan fingerprint density at radius 1 is 1.45 bits per heavy atom. The summed E-state index contributed by atoms with van der Waals surface area (Å²) in [4.78, 5) is 0. The molecule has 1 aromatic heterocycles. The minimum Gasteiger partial charge on any atom is -0.469 e. The molecule has 2 aliphatic rings. The van der Waals surface area contributed by atoms with E-state index in [0.29, 0.717) is 12.0 Å². The van der Waals surface area contributed by atoms with Gasteiger partial charge in [0.2, 0.25) is 0 Å². The van der Waals surface area contributed by atoms with E-state index in [1.165, 1.54) is 5.56 Å². The van der Waals surface area contributed by atoms with Gasteiger partial charge in [-0.05, 0) is 38.3 Å². The molecule has 3 rings (SSSR count). The molecule has 20 heavy (non-hydrogen) atoms. The first kappa shape index (κ1) is 14.1. The normalized spacial score (nSPS) is 31.8. The van der Waals surface area contributed by atoms with Crippen molar-refractivity contribution in [2.75, 3.05) is 26.4 Å². The van der Waals surface area contributed by atoms with Gasteiger partial charge in [0, 0.05) is 31.2 Å². The Morgan fingerprint density at radius 2 is 2.35 bits per heavy atom. The molecule has 2 fully saturated rings. The molecule has 2 saturated heterocycles. The third-order valence-corrected chi connectivity index (χ3v) is 4.60. The van der Waals surface area contributed by atoms with Crippen LogP contribution < -0.4 is 5.32 Å². The number of aryl methyl sites for hydroxylation is 1. The van der Waals surface area contributed by atoms with E-state index in [9.17, 15) is 0 Å². The van der Waals surface area contributed by atoms with E-state index in [1.54, 1.807) is 0 Å². The standard InChI is InChI=1S/C16H25NO3/c1-3-17-15(14-8-12(2)19-10-14)13-4-6-20-16(9-13)5-7-18-11-16/h8,10,13,15,17H,3-7,9,11H2,1-2H3. The van der Waals surface area contributed by atoms with E-state index in [2.05, 4.69) is 18.3 Å². The van der Waals surface area contributed by atoms with Crippen LogP contribution in [0.15, 0.2) is 16.7 Å². The molecule has 4 nitrogen and oxygen atoms in total. The van der Waals surface area contributed by atoms with Crippen LogP contribution in [0.3, 0.4) is 0 Å². The maximum atomic E-state index is 6.05. The molecule has 0 aromatic carbocycles. The number of ether oxygens (including phenoxy) is 2. The predicted molar refractivity (Wildman–Crippen MR) is 76.7 cm³/mol. The first-order valence-electron chi connectivity index (χ1n) is 7.72. The summed E-state index contributed by atoms with van der Waals surface area (Å²) < 4.78 is 17.1. The van der Waals surface area contributed by atoms with Crippen molar-refractivity contribution in [3.05, 3.63) is 23.7 Å². The second-order valence-corrected chi connectivity index (χ2v) is 6.11. The van der Waals surface area contributed by atoms with Gasteiger partial charge in [-0.2, -0.15) is 0 Å². The Hall–Kier alpha value is -0.840. The summed E-state index contributed by atoms with van der Waals surface area (Å²) in [7, 11) is 0. The molecule has 3 atom stereocenters. The number of nitrogens with one attached hydrogen (secondary N) is 1. The summed E-state index contributed by atoms with van der Waals surface area (Å²) in [5.74, 6) is 1.57. The molecule has 1 N–H and O–H groups in total. The minimum absolute atomic E-state index is 0.0324. The van der Waals surface area contributed by atoms with E-state index in [1.807, 2.05) is 13.2 Å². The first-order valence-corrected chi connectivity index (χ1v) is 7.72. The average molecular weight is 279 g/mol. The van der Waals surface area contributed by atoms with Crippen LogP contribution in [0.2, 0.25) is 0 Å². The second kappa shape index (κ2) is 5.88. The summed E-state index contributed by atoms with van der Waals surface area (Å²) in [5.41, 5.74) is 1.24. The van der Waals surface area contributed by atoms with Crippen molar-refractivity contribution in [2.24, 2.45) is 5.92 Å². The largest absolute Gasteiger partial charge is 0.469 e. The monoisotopic (exact) mass is 279 g/mol. The Kier molecular flexibility index (Phi) is 4.15. The van der Waals surface area contributed by atoms with Crippen LogP contribution in [0, 0.1) is 12.8 Å². The summed E-state index contributed by atoms with van der Waals surface area (Å²) in [6.45, 7) is 7.56. The molecular formula is C16H25NO3. The molecule has 1 spiro atoms. The van der Waals surface area contributed by atoms with Gasteiger partial charge in [0.05, 0.1) is 18.5 Å². The zero-order chi connectivity index (χ0) is 14.0. The first-order chi connectivity index (χ1) is 9.72. The average Bonchev–Trinajstić information content (AvgIpc) is 3.06. The lowest BCUT2D eigenvalue weighted by Crippen LogP contribution is -2.44. The van der Waals surface area contributed by atoms with Crippen molar-refractivity contribution in [2.45, 2.75) is 44.8 Å². The van der Waals surface area contributed by atoms with Gasteiger partial charge in [-0.25, -0.2) is 0 Å². The Morgan fingerprint density at radius 3 is 3.00 bits per heavy atom. The number of hydrogen-bond donors (Lipinski definition) is 1. The van der Waals surface area contributed by atoms with Crippen molar-refractivity contribution in [1.29, 1.82) is 0 Å². The lowest BCUT2D eigenvalue weighted by Gasteiger charge is -2.40. The van der Waals surface area contributed by atoms with Gasteiger partial charge in [-0.3, -0.25) is 0 Å². The van der Waals surface area contributed by atoms with Crippen molar-refractivity contribution in [1.82, 2.24) is 5.32 Å². The highest BCUT2D eigenvalue weighted by atomic mass is 16.6. The van der Waals surface area contributed by atoms with Gasteiger partial charge in [0.25, 0.3) is 0 Å². The van der Waals surface area contributed by atoms with E-state index in [0.717, 1.165) is 51.4 Å². The molecular weight excluding hydrogens is 254 g/mol. The fraction of sp³-hybridized carbons (Fsp3) is 0.750. The minimum atomic E-state index is -0.0324. The molecule has 1 aromatic rings. The van der Waals surface area contributed by atoms with Crippen molar-refractivity contribution in [3.8, 4) is 0 Å². The number of hydrogen-bond acceptors (Lipinski definition) is 4. The van der Waals surface area contributed by atoms with Crippen molar-refractivity contribution < 1.29 is 13.9 Å². The van der Waals surface area contributed by atoms with Gasteiger partial charge < -0.3 is 19.2 Å². The smallest absolute Gasteiger partial charge is 0.101 e. The van der Waals surface area contributed by atoms with Crippen LogP contribution in [0.25, 0.3) is 0 Å². The molecule has 0 aliphatic carbocycles. The van der Waals surface area contributed by atoms with E-state index >= 15 is 0 Å². The van der Waals surface area contributed by atoms with Gasteiger partial charge in [0.1, 0.15) is 5.76 Å². The SMILES string of the molecule is CCNC(c1coc(C)c1)C1CCOC2(CCOC2)C1. The third kappa shape index (κ3) is 2.78. The Labute approximate surface area is 120 Å². The second-order valence-electron chi connectivity index (χ2n) is 6.11. The summed E-state index contributed by atoms with van der Waals surface area (Å²) >= 11 is 0. The molecule has 0 bridgehead atoms.